The van der Waals surface area contributed by atoms with E-state index in [1.165, 1.54) is 6.08 Å². The van der Waals surface area contributed by atoms with E-state index in [0.29, 0.717) is 0 Å². The van der Waals surface area contributed by atoms with Crippen molar-refractivity contribution in [3.05, 3.63) is 35.4 Å². The third-order valence-electron chi connectivity index (χ3n) is 2.71. The van der Waals surface area contributed by atoms with Crippen LogP contribution in [-0.4, -0.2) is 37.6 Å². The summed E-state index contributed by atoms with van der Waals surface area (Å²) in [4.78, 5) is 23.6. The van der Waals surface area contributed by atoms with E-state index >= 15 is 0 Å². The predicted molar refractivity (Wildman–Crippen MR) is 75.2 cm³/mol. The van der Waals surface area contributed by atoms with Crippen molar-refractivity contribution in [3.63, 3.8) is 0 Å². The van der Waals surface area contributed by atoms with Gasteiger partial charge in [0.15, 0.2) is 0 Å². The van der Waals surface area contributed by atoms with Crippen molar-refractivity contribution in [1.82, 2.24) is 5.32 Å². The quantitative estimate of drug-likeness (QED) is 0.784. The number of likely N-dealkylation sites (N-methyl/N-ethyl adjacent to an activating group) is 2. The van der Waals surface area contributed by atoms with E-state index in [1.54, 1.807) is 7.05 Å². The van der Waals surface area contributed by atoms with Crippen LogP contribution in [0.15, 0.2) is 24.3 Å². The van der Waals surface area contributed by atoms with E-state index in [2.05, 4.69) is 5.32 Å². The van der Waals surface area contributed by atoms with Gasteiger partial charge in [-0.15, -0.1) is 0 Å². The summed E-state index contributed by atoms with van der Waals surface area (Å²) in [6, 6.07) is 5.58. The zero-order chi connectivity index (χ0) is 14.4. The van der Waals surface area contributed by atoms with Gasteiger partial charge in [0.2, 0.25) is 5.91 Å². The maximum absolute atomic E-state index is 11.3. The molecule has 0 heterocycles. The van der Waals surface area contributed by atoms with Crippen LogP contribution in [0, 0.1) is 6.92 Å². The number of rotatable bonds is 5. The van der Waals surface area contributed by atoms with E-state index in [-0.39, 0.29) is 12.5 Å². The largest absolute Gasteiger partial charge is 0.478 e. The number of aryl methyl sites for hydroxylation is 1. The van der Waals surface area contributed by atoms with Gasteiger partial charge >= 0.3 is 5.97 Å². The third-order valence-corrected chi connectivity index (χ3v) is 2.71. The van der Waals surface area contributed by atoms with Crippen LogP contribution in [0.4, 0.5) is 5.69 Å². The first-order chi connectivity index (χ1) is 8.93. The molecule has 0 fully saturated rings. The minimum absolute atomic E-state index is 0.0586. The highest BCUT2D eigenvalue weighted by molar-refractivity contribution is 5.85. The van der Waals surface area contributed by atoms with Crippen molar-refractivity contribution < 1.29 is 14.7 Å². The van der Waals surface area contributed by atoms with Crippen LogP contribution in [0.2, 0.25) is 0 Å². The normalized spacial score (nSPS) is 10.5. The maximum atomic E-state index is 11.3. The molecular weight excluding hydrogens is 244 g/mol. The van der Waals surface area contributed by atoms with Crippen molar-refractivity contribution in [2.24, 2.45) is 0 Å². The van der Waals surface area contributed by atoms with Gasteiger partial charge in [-0.05, 0) is 36.3 Å². The van der Waals surface area contributed by atoms with Gasteiger partial charge in [-0.25, -0.2) is 4.79 Å². The Bertz CT molecular complexity index is 509. The molecule has 5 nitrogen and oxygen atoms in total. The first-order valence-corrected chi connectivity index (χ1v) is 5.87. The third kappa shape index (κ3) is 4.46. The lowest BCUT2D eigenvalue weighted by molar-refractivity contribution is -0.131. The number of hydrogen-bond acceptors (Lipinski definition) is 3. The molecule has 1 rings (SSSR count). The Morgan fingerprint density at radius 2 is 2.11 bits per heavy atom. The standard InChI is InChI=1S/C14H18N2O3/c1-10-8-11(5-7-14(18)19)4-6-12(10)16(3)9-13(17)15-2/h4-8H,9H2,1-3H3,(H,15,17)(H,18,19). The highest BCUT2D eigenvalue weighted by atomic mass is 16.4. The Hall–Kier alpha value is -2.30. The summed E-state index contributed by atoms with van der Waals surface area (Å²) in [5, 5.41) is 11.1. The van der Waals surface area contributed by atoms with Gasteiger partial charge in [-0.1, -0.05) is 6.07 Å². The molecule has 1 aromatic rings. The monoisotopic (exact) mass is 262 g/mol. The zero-order valence-corrected chi connectivity index (χ0v) is 11.3. The Labute approximate surface area is 112 Å². The van der Waals surface area contributed by atoms with Gasteiger partial charge in [-0.3, -0.25) is 4.79 Å². The smallest absolute Gasteiger partial charge is 0.328 e. The van der Waals surface area contributed by atoms with Gasteiger partial charge in [0.05, 0.1) is 6.54 Å². The molecule has 0 aromatic heterocycles. The molecule has 0 atom stereocenters. The Balaban J connectivity index is 2.88. The summed E-state index contributed by atoms with van der Waals surface area (Å²) in [6.45, 7) is 2.20. The highest BCUT2D eigenvalue weighted by Gasteiger charge is 2.08. The number of anilines is 1. The number of carboxylic acids is 1. The van der Waals surface area contributed by atoms with Crippen LogP contribution in [0.25, 0.3) is 6.08 Å². The fraction of sp³-hybridized carbons (Fsp3) is 0.286. The SMILES string of the molecule is CNC(=O)CN(C)c1ccc(C=CC(=O)O)cc1C. The van der Waals surface area contributed by atoms with Crippen molar-refractivity contribution in [1.29, 1.82) is 0 Å². The molecule has 2 N–H and O–H groups in total. The fourth-order valence-electron chi connectivity index (χ4n) is 1.76. The van der Waals surface area contributed by atoms with Crippen molar-refractivity contribution >= 4 is 23.6 Å². The van der Waals surface area contributed by atoms with E-state index in [9.17, 15) is 9.59 Å². The summed E-state index contributed by atoms with van der Waals surface area (Å²) in [5.74, 6) is -1.03. The molecular formula is C14H18N2O3. The van der Waals surface area contributed by atoms with Crippen LogP contribution in [-0.2, 0) is 9.59 Å². The number of benzene rings is 1. The van der Waals surface area contributed by atoms with Crippen LogP contribution < -0.4 is 10.2 Å². The molecule has 0 saturated heterocycles. The molecule has 0 aliphatic heterocycles. The molecule has 0 bridgehead atoms. The summed E-state index contributed by atoms with van der Waals surface area (Å²) < 4.78 is 0. The van der Waals surface area contributed by atoms with Crippen LogP contribution in [0.5, 0.6) is 0 Å². The Morgan fingerprint density at radius 1 is 1.42 bits per heavy atom. The highest BCUT2D eigenvalue weighted by Crippen LogP contribution is 2.20. The lowest BCUT2D eigenvalue weighted by Crippen LogP contribution is -2.33. The van der Waals surface area contributed by atoms with Crippen molar-refractivity contribution in [2.75, 3.05) is 25.5 Å². The van der Waals surface area contributed by atoms with E-state index < -0.39 is 5.97 Å². The second-order valence-corrected chi connectivity index (χ2v) is 4.25. The molecule has 5 heteroatoms. The molecule has 0 saturated carbocycles. The van der Waals surface area contributed by atoms with E-state index in [4.69, 9.17) is 5.11 Å². The average Bonchev–Trinajstić information content (AvgIpc) is 2.35. The molecule has 102 valence electrons. The number of carbonyl (C=O) groups excluding carboxylic acids is 1. The van der Waals surface area contributed by atoms with Crippen molar-refractivity contribution in [2.45, 2.75) is 6.92 Å². The van der Waals surface area contributed by atoms with Crippen LogP contribution in [0.1, 0.15) is 11.1 Å². The minimum Gasteiger partial charge on any atom is -0.478 e. The Kier molecular flexibility index (Phi) is 5.11. The summed E-state index contributed by atoms with van der Waals surface area (Å²) >= 11 is 0. The fourth-order valence-corrected chi connectivity index (χ4v) is 1.76. The first-order valence-electron chi connectivity index (χ1n) is 5.87. The van der Waals surface area contributed by atoms with Gasteiger partial charge in [0, 0.05) is 25.9 Å². The molecule has 0 aliphatic carbocycles. The number of aliphatic carboxylic acids is 1. The first kappa shape index (κ1) is 14.8. The predicted octanol–water partition coefficient (Wildman–Crippen LogP) is 1.28. The maximum Gasteiger partial charge on any atom is 0.328 e. The lowest BCUT2D eigenvalue weighted by Gasteiger charge is -2.20. The van der Waals surface area contributed by atoms with E-state index in [1.807, 2.05) is 37.1 Å². The number of carboxylic acid groups (broad SMARTS) is 1. The number of nitrogens with zero attached hydrogens (tertiary/aromatic N) is 1. The minimum atomic E-state index is -0.974. The topological polar surface area (TPSA) is 69.6 Å². The molecule has 19 heavy (non-hydrogen) atoms. The second-order valence-electron chi connectivity index (χ2n) is 4.25. The van der Waals surface area contributed by atoms with Gasteiger partial charge in [-0.2, -0.15) is 0 Å². The Morgan fingerprint density at radius 3 is 2.63 bits per heavy atom. The lowest BCUT2D eigenvalue weighted by atomic mass is 10.1. The molecule has 0 radical (unpaired) electrons. The summed E-state index contributed by atoms with van der Waals surface area (Å²) in [5.41, 5.74) is 2.74. The molecule has 0 aliphatic rings. The number of hydrogen-bond donors (Lipinski definition) is 2. The van der Waals surface area contributed by atoms with Gasteiger partial charge in [0.1, 0.15) is 0 Å². The van der Waals surface area contributed by atoms with Gasteiger partial charge < -0.3 is 15.3 Å². The summed E-state index contributed by atoms with van der Waals surface area (Å²) in [7, 11) is 3.44. The van der Waals surface area contributed by atoms with E-state index in [0.717, 1.165) is 22.9 Å². The average molecular weight is 262 g/mol. The van der Waals surface area contributed by atoms with Crippen LogP contribution >= 0.6 is 0 Å². The molecule has 0 spiro atoms. The van der Waals surface area contributed by atoms with Crippen LogP contribution in [0.3, 0.4) is 0 Å². The second kappa shape index (κ2) is 6.58. The van der Waals surface area contributed by atoms with Crippen molar-refractivity contribution in [3.8, 4) is 0 Å². The zero-order valence-electron chi connectivity index (χ0n) is 11.3. The molecule has 0 unspecified atom stereocenters. The number of nitrogens with one attached hydrogen (secondary N) is 1. The van der Waals surface area contributed by atoms with Gasteiger partial charge in [0.25, 0.3) is 0 Å². The summed E-state index contributed by atoms with van der Waals surface area (Å²) in [6.07, 6.45) is 2.64. The molecule has 1 aromatic carbocycles. The number of amides is 1. The number of carbonyl (C=O) groups is 2. The molecule has 1 amide bonds.